The number of hydrogen-bond donors (Lipinski definition) is 0. The molecule has 14 heavy (non-hydrogen) atoms. The number of nitrogens with zero attached hydrogens (tertiary/aromatic N) is 2. The second kappa shape index (κ2) is 4.74. The Labute approximate surface area is 90.7 Å². The number of aryl methyl sites for hydroxylation is 1. The molecule has 2 nitrogen and oxygen atoms in total. The van der Waals surface area contributed by atoms with E-state index in [0.717, 1.165) is 29.9 Å². The predicted molar refractivity (Wildman–Crippen MR) is 59.9 cm³/mol. The van der Waals surface area contributed by atoms with Gasteiger partial charge in [0.05, 0.1) is 0 Å². The van der Waals surface area contributed by atoms with Gasteiger partial charge in [-0.25, -0.2) is 9.97 Å². The summed E-state index contributed by atoms with van der Waals surface area (Å²) in [5.41, 5.74) is 2.08. The molecule has 0 aliphatic carbocycles. The molecule has 0 aliphatic rings. The van der Waals surface area contributed by atoms with Crippen LogP contribution in [-0.2, 0) is 6.42 Å². The van der Waals surface area contributed by atoms with E-state index in [-0.39, 0.29) is 0 Å². The van der Waals surface area contributed by atoms with Gasteiger partial charge < -0.3 is 0 Å². The minimum atomic E-state index is 0.387. The van der Waals surface area contributed by atoms with Gasteiger partial charge in [0.2, 0.25) is 0 Å². The van der Waals surface area contributed by atoms with Gasteiger partial charge in [-0.3, -0.25) is 0 Å². The van der Waals surface area contributed by atoms with E-state index in [2.05, 4.69) is 30.7 Å². The molecule has 1 rings (SSSR count). The lowest BCUT2D eigenvalue weighted by atomic mass is 10.1. The highest BCUT2D eigenvalue weighted by Gasteiger charge is 2.11. The van der Waals surface area contributed by atoms with Crippen LogP contribution in [0.15, 0.2) is 0 Å². The van der Waals surface area contributed by atoms with Gasteiger partial charge in [0.1, 0.15) is 11.0 Å². The van der Waals surface area contributed by atoms with E-state index in [1.54, 1.807) is 0 Å². The summed E-state index contributed by atoms with van der Waals surface area (Å²) in [7, 11) is 0. The smallest absolute Gasteiger partial charge is 0.135 e. The Balaban J connectivity index is 3.16. The molecule has 0 saturated carbocycles. The van der Waals surface area contributed by atoms with Crippen LogP contribution >= 0.6 is 11.6 Å². The van der Waals surface area contributed by atoms with Gasteiger partial charge in [0.25, 0.3) is 0 Å². The van der Waals surface area contributed by atoms with E-state index in [9.17, 15) is 0 Å². The molecule has 1 aromatic rings. The summed E-state index contributed by atoms with van der Waals surface area (Å²) in [6.07, 6.45) is 1.96. The van der Waals surface area contributed by atoms with Crippen molar-refractivity contribution in [3.8, 4) is 0 Å². The quantitative estimate of drug-likeness (QED) is 0.717. The molecule has 0 aliphatic heterocycles. The normalized spacial score (nSPS) is 12.9. The molecule has 0 bridgehead atoms. The number of rotatable bonds is 3. The van der Waals surface area contributed by atoms with Gasteiger partial charge in [-0.15, -0.1) is 0 Å². The van der Waals surface area contributed by atoms with Crippen LogP contribution in [0, 0.1) is 6.92 Å². The molecule has 78 valence electrons. The molecule has 0 amide bonds. The van der Waals surface area contributed by atoms with E-state index < -0.39 is 0 Å². The highest BCUT2D eigenvalue weighted by Crippen LogP contribution is 2.21. The monoisotopic (exact) mass is 212 g/mol. The summed E-state index contributed by atoms with van der Waals surface area (Å²) in [6, 6.07) is 0. The third-order valence-electron chi connectivity index (χ3n) is 2.59. The largest absolute Gasteiger partial charge is 0.237 e. The Bertz CT molecular complexity index is 323. The van der Waals surface area contributed by atoms with Gasteiger partial charge in [-0.2, -0.15) is 0 Å². The summed E-state index contributed by atoms with van der Waals surface area (Å²) in [5, 5.41) is 0.604. The second-order valence-electron chi connectivity index (χ2n) is 3.61. The van der Waals surface area contributed by atoms with Gasteiger partial charge in [0.15, 0.2) is 0 Å². The summed E-state index contributed by atoms with van der Waals surface area (Å²) < 4.78 is 0. The van der Waals surface area contributed by atoms with Gasteiger partial charge in [-0.05, 0) is 19.8 Å². The maximum atomic E-state index is 6.05. The highest BCUT2D eigenvalue weighted by atomic mass is 35.5. The molecule has 0 aromatic carbocycles. The zero-order valence-electron chi connectivity index (χ0n) is 9.26. The first-order valence-electron chi connectivity index (χ1n) is 5.13. The summed E-state index contributed by atoms with van der Waals surface area (Å²) in [5.74, 6) is 1.26. The van der Waals surface area contributed by atoms with Crippen molar-refractivity contribution in [2.75, 3.05) is 0 Å². The third-order valence-corrected chi connectivity index (χ3v) is 2.96. The lowest BCUT2D eigenvalue weighted by Gasteiger charge is -2.11. The van der Waals surface area contributed by atoms with Crippen molar-refractivity contribution in [1.29, 1.82) is 0 Å². The van der Waals surface area contributed by atoms with Crippen molar-refractivity contribution >= 4 is 11.6 Å². The average molecular weight is 213 g/mol. The van der Waals surface area contributed by atoms with Crippen molar-refractivity contribution in [1.82, 2.24) is 9.97 Å². The first-order chi connectivity index (χ1) is 6.60. The minimum absolute atomic E-state index is 0.387. The lowest BCUT2D eigenvalue weighted by Crippen LogP contribution is -2.05. The van der Waals surface area contributed by atoms with Crippen molar-refractivity contribution in [2.24, 2.45) is 0 Å². The molecule has 1 atom stereocenters. The predicted octanol–water partition coefficient (Wildman–Crippen LogP) is 3.51. The Morgan fingerprint density at radius 3 is 2.43 bits per heavy atom. The Kier molecular flexibility index (Phi) is 3.87. The summed E-state index contributed by atoms with van der Waals surface area (Å²) in [4.78, 5) is 8.83. The number of halogens is 1. The van der Waals surface area contributed by atoms with Crippen molar-refractivity contribution in [2.45, 2.75) is 46.5 Å². The fourth-order valence-corrected chi connectivity index (χ4v) is 1.49. The molecule has 0 radical (unpaired) electrons. The number of hydrogen-bond acceptors (Lipinski definition) is 2. The van der Waals surface area contributed by atoms with Gasteiger partial charge in [-0.1, -0.05) is 32.4 Å². The SMILES string of the molecule is CCc1nc(C(C)CC)nc(Cl)c1C. The van der Waals surface area contributed by atoms with E-state index in [1.807, 2.05) is 6.92 Å². The van der Waals surface area contributed by atoms with Crippen LogP contribution < -0.4 is 0 Å². The molecule has 1 aromatic heterocycles. The molecule has 1 unspecified atom stereocenters. The van der Waals surface area contributed by atoms with Crippen LogP contribution in [0.1, 0.15) is 50.2 Å². The summed E-state index contributed by atoms with van der Waals surface area (Å²) in [6.45, 7) is 8.32. The van der Waals surface area contributed by atoms with Crippen molar-refractivity contribution < 1.29 is 0 Å². The van der Waals surface area contributed by atoms with Crippen molar-refractivity contribution in [3.05, 3.63) is 22.2 Å². The van der Waals surface area contributed by atoms with Crippen LogP contribution in [0.2, 0.25) is 5.15 Å². The van der Waals surface area contributed by atoms with Crippen LogP contribution in [-0.4, -0.2) is 9.97 Å². The lowest BCUT2D eigenvalue weighted by molar-refractivity contribution is 0.669. The maximum absolute atomic E-state index is 6.05. The first-order valence-corrected chi connectivity index (χ1v) is 5.50. The average Bonchev–Trinajstić information content (AvgIpc) is 2.20. The van der Waals surface area contributed by atoms with Crippen molar-refractivity contribution in [3.63, 3.8) is 0 Å². The third kappa shape index (κ3) is 2.24. The van der Waals surface area contributed by atoms with E-state index in [0.29, 0.717) is 11.1 Å². The van der Waals surface area contributed by atoms with Crippen LogP contribution in [0.3, 0.4) is 0 Å². The topological polar surface area (TPSA) is 25.8 Å². The zero-order valence-corrected chi connectivity index (χ0v) is 10.0. The summed E-state index contributed by atoms with van der Waals surface area (Å²) >= 11 is 6.05. The Morgan fingerprint density at radius 1 is 1.29 bits per heavy atom. The molecule has 3 heteroatoms. The van der Waals surface area contributed by atoms with E-state index in [4.69, 9.17) is 11.6 Å². The number of aromatic nitrogens is 2. The zero-order chi connectivity index (χ0) is 10.7. The molecule has 0 saturated heterocycles. The highest BCUT2D eigenvalue weighted by molar-refractivity contribution is 6.30. The van der Waals surface area contributed by atoms with E-state index >= 15 is 0 Å². The fraction of sp³-hybridized carbons (Fsp3) is 0.636. The minimum Gasteiger partial charge on any atom is -0.237 e. The molecule has 1 heterocycles. The first kappa shape index (κ1) is 11.4. The Hall–Kier alpha value is -0.630. The maximum Gasteiger partial charge on any atom is 0.135 e. The molecule has 0 N–H and O–H groups in total. The van der Waals surface area contributed by atoms with Crippen LogP contribution in [0.5, 0.6) is 0 Å². The Morgan fingerprint density at radius 2 is 1.93 bits per heavy atom. The molecule has 0 spiro atoms. The van der Waals surface area contributed by atoms with Crippen LogP contribution in [0.4, 0.5) is 0 Å². The molecular weight excluding hydrogens is 196 g/mol. The molecule has 0 fully saturated rings. The van der Waals surface area contributed by atoms with Gasteiger partial charge in [0, 0.05) is 17.2 Å². The van der Waals surface area contributed by atoms with Gasteiger partial charge >= 0.3 is 0 Å². The fourth-order valence-electron chi connectivity index (χ4n) is 1.30. The second-order valence-corrected chi connectivity index (χ2v) is 3.97. The van der Waals surface area contributed by atoms with Crippen LogP contribution in [0.25, 0.3) is 0 Å². The molecular formula is C11H17ClN2. The van der Waals surface area contributed by atoms with E-state index in [1.165, 1.54) is 0 Å². The standard InChI is InChI=1S/C11H17ClN2/c1-5-7(3)11-13-9(6-2)8(4)10(12)14-11/h7H,5-6H2,1-4H3.